The maximum Gasteiger partial charge on any atom is 0.270 e. The fraction of sp³-hybridized carbons (Fsp3) is 0.417. The zero-order valence-corrected chi connectivity index (χ0v) is 10.1. The fourth-order valence-electron chi connectivity index (χ4n) is 1.54. The number of hydrogen-bond acceptors (Lipinski definition) is 4. The van der Waals surface area contributed by atoms with Crippen molar-refractivity contribution >= 4 is 11.6 Å². The monoisotopic (exact) mass is 252 g/mol. The average Bonchev–Trinajstić information content (AvgIpc) is 2.36. The molecule has 0 aliphatic heterocycles. The highest BCUT2D eigenvalue weighted by molar-refractivity contribution is 5.94. The lowest BCUT2D eigenvalue weighted by Gasteiger charge is -2.12. The van der Waals surface area contributed by atoms with Gasteiger partial charge in [0.05, 0.1) is 4.92 Å². The molecule has 0 spiro atoms. The molecule has 0 heterocycles. The molecule has 1 aromatic carbocycles. The molecule has 18 heavy (non-hydrogen) atoms. The van der Waals surface area contributed by atoms with Crippen molar-refractivity contribution in [2.45, 2.75) is 25.8 Å². The molecular weight excluding hydrogens is 236 g/mol. The maximum atomic E-state index is 11.8. The number of nitro benzene ring substituents is 1. The molecule has 1 unspecified atom stereocenters. The van der Waals surface area contributed by atoms with Crippen molar-refractivity contribution in [3.63, 3.8) is 0 Å². The van der Waals surface area contributed by atoms with E-state index in [1.807, 2.05) is 6.92 Å². The Morgan fingerprint density at radius 1 is 1.56 bits per heavy atom. The quantitative estimate of drug-likeness (QED) is 0.592. The van der Waals surface area contributed by atoms with Gasteiger partial charge in [-0.3, -0.25) is 14.9 Å². The smallest absolute Gasteiger partial charge is 0.270 e. The number of nitrogens with zero attached hydrogens (tertiary/aromatic N) is 1. The van der Waals surface area contributed by atoms with Gasteiger partial charge in [0.2, 0.25) is 0 Å². The number of nitro groups is 1. The van der Waals surface area contributed by atoms with Crippen molar-refractivity contribution < 1.29 is 14.8 Å². The summed E-state index contributed by atoms with van der Waals surface area (Å²) in [5, 5.41) is 22.0. The highest BCUT2D eigenvalue weighted by atomic mass is 16.6. The molecule has 0 bridgehead atoms. The van der Waals surface area contributed by atoms with E-state index < -0.39 is 4.92 Å². The Bertz CT molecular complexity index is 434. The zero-order valence-electron chi connectivity index (χ0n) is 10.1. The van der Waals surface area contributed by atoms with Crippen LogP contribution in [0.2, 0.25) is 0 Å². The van der Waals surface area contributed by atoms with Crippen LogP contribution in [0.3, 0.4) is 0 Å². The van der Waals surface area contributed by atoms with Crippen LogP contribution in [0.4, 0.5) is 5.69 Å². The van der Waals surface area contributed by atoms with E-state index >= 15 is 0 Å². The molecule has 1 amide bonds. The molecular formula is C12H16N2O4. The largest absolute Gasteiger partial charge is 0.396 e. The van der Waals surface area contributed by atoms with Crippen LogP contribution in [0.15, 0.2) is 24.3 Å². The number of carbonyl (C=O) groups excluding carboxylic acids is 1. The van der Waals surface area contributed by atoms with E-state index in [1.165, 1.54) is 24.3 Å². The van der Waals surface area contributed by atoms with Crippen LogP contribution >= 0.6 is 0 Å². The van der Waals surface area contributed by atoms with Gasteiger partial charge in [-0.25, -0.2) is 0 Å². The number of non-ortho nitro benzene ring substituents is 1. The summed E-state index contributed by atoms with van der Waals surface area (Å²) in [7, 11) is 0. The third-order valence-electron chi connectivity index (χ3n) is 2.49. The van der Waals surface area contributed by atoms with Crippen LogP contribution in [0.1, 0.15) is 30.1 Å². The normalized spacial score (nSPS) is 11.9. The Balaban J connectivity index is 2.66. The number of nitrogens with one attached hydrogen (secondary N) is 1. The van der Waals surface area contributed by atoms with Crippen LogP contribution in [-0.2, 0) is 0 Å². The van der Waals surface area contributed by atoms with Gasteiger partial charge in [-0.1, -0.05) is 6.07 Å². The van der Waals surface area contributed by atoms with Gasteiger partial charge in [0, 0.05) is 30.3 Å². The summed E-state index contributed by atoms with van der Waals surface area (Å²) in [5.74, 6) is -0.343. The molecule has 0 aliphatic rings. The zero-order chi connectivity index (χ0) is 13.5. The number of aliphatic hydroxyl groups excluding tert-OH is 1. The molecule has 0 fully saturated rings. The second-order valence-corrected chi connectivity index (χ2v) is 4.05. The SMILES string of the molecule is CC(CCCO)NC(=O)c1cccc([N+](=O)[O-])c1. The predicted molar refractivity (Wildman–Crippen MR) is 66.3 cm³/mol. The number of carbonyl (C=O) groups is 1. The second-order valence-electron chi connectivity index (χ2n) is 4.05. The number of amides is 1. The summed E-state index contributed by atoms with van der Waals surface area (Å²) in [5.41, 5.74) is 0.158. The van der Waals surface area contributed by atoms with Crippen LogP contribution in [0.5, 0.6) is 0 Å². The van der Waals surface area contributed by atoms with Crippen molar-refractivity contribution in [1.82, 2.24) is 5.32 Å². The Kier molecular flexibility index (Phi) is 5.26. The minimum atomic E-state index is -0.536. The van der Waals surface area contributed by atoms with E-state index in [0.717, 1.165) is 0 Å². The molecule has 6 heteroatoms. The number of rotatable bonds is 6. The summed E-state index contributed by atoms with van der Waals surface area (Å²) >= 11 is 0. The summed E-state index contributed by atoms with van der Waals surface area (Å²) in [6.07, 6.45) is 1.27. The molecule has 1 rings (SSSR count). The Hall–Kier alpha value is -1.95. The summed E-state index contributed by atoms with van der Waals surface area (Å²) in [6.45, 7) is 1.90. The van der Waals surface area contributed by atoms with Gasteiger partial charge in [0.25, 0.3) is 11.6 Å². The molecule has 1 atom stereocenters. The minimum Gasteiger partial charge on any atom is -0.396 e. The van der Waals surface area contributed by atoms with E-state index in [-0.39, 0.29) is 29.8 Å². The number of benzene rings is 1. The Morgan fingerprint density at radius 3 is 2.89 bits per heavy atom. The van der Waals surface area contributed by atoms with E-state index in [0.29, 0.717) is 12.8 Å². The molecule has 98 valence electrons. The van der Waals surface area contributed by atoms with Crippen molar-refractivity contribution in [1.29, 1.82) is 0 Å². The van der Waals surface area contributed by atoms with Crippen LogP contribution in [0.25, 0.3) is 0 Å². The lowest BCUT2D eigenvalue weighted by molar-refractivity contribution is -0.384. The molecule has 0 saturated carbocycles. The molecule has 0 aromatic heterocycles. The van der Waals surface area contributed by atoms with E-state index in [2.05, 4.69) is 5.32 Å². The molecule has 2 N–H and O–H groups in total. The third-order valence-corrected chi connectivity index (χ3v) is 2.49. The van der Waals surface area contributed by atoms with Gasteiger partial charge < -0.3 is 10.4 Å². The molecule has 1 aromatic rings. The first-order valence-electron chi connectivity index (χ1n) is 5.70. The van der Waals surface area contributed by atoms with Crippen molar-refractivity contribution in [2.75, 3.05) is 6.61 Å². The molecule has 0 aliphatic carbocycles. The lowest BCUT2D eigenvalue weighted by Crippen LogP contribution is -2.32. The van der Waals surface area contributed by atoms with Crippen molar-refractivity contribution in [3.05, 3.63) is 39.9 Å². The third kappa shape index (κ3) is 4.14. The maximum absolute atomic E-state index is 11.8. The first kappa shape index (κ1) is 14.1. The number of hydrogen-bond donors (Lipinski definition) is 2. The topological polar surface area (TPSA) is 92.5 Å². The molecule has 0 radical (unpaired) electrons. The summed E-state index contributed by atoms with van der Waals surface area (Å²) in [6, 6.07) is 5.51. The second kappa shape index (κ2) is 6.70. The van der Waals surface area contributed by atoms with E-state index in [4.69, 9.17) is 5.11 Å². The van der Waals surface area contributed by atoms with Crippen molar-refractivity contribution in [2.24, 2.45) is 0 Å². The van der Waals surface area contributed by atoms with Crippen LogP contribution in [-0.4, -0.2) is 28.6 Å². The van der Waals surface area contributed by atoms with Gasteiger partial charge in [-0.05, 0) is 25.8 Å². The standard InChI is InChI=1S/C12H16N2O4/c1-9(4-3-7-15)13-12(16)10-5-2-6-11(8-10)14(17)18/h2,5-6,8-9,15H,3-4,7H2,1H3,(H,13,16). The lowest BCUT2D eigenvalue weighted by atomic mass is 10.1. The summed E-state index contributed by atoms with van der Waals surface area (Å²) < 4.78 is 0. The van der Waals surface area contributed by atoms with Gasteiger partial charge in [-0.15, -0.1) is 0 Å². The van der Waals surface area contributed by atoms with Crippen molar-refractivity contribution in [3.8, 4) is 0 Å². The van der Waals surface area contributed by atoms with Gasteiger partial charge in [0.1, 0.15) is 0 Å². The van der Waals surface area contributed by atoms with Gasteiger partial charge >= 0.3 is 0 Å². The number of aliphatic hydroxyl groups is 1. The summed E-state index contributed by atoms with van der Waals surface area (Å²) in [4.78, 5) is 21.8. The van der Waals surface area contributed by atoms with Crippen LogP contribution < -0.4 is 5.32 Å². The fourth-order valence-corrected chi connectivity index (χ4v) is 1.54. The Labute approximate surface area is 105 Å². The van der Waals surface area contributed by atoms with E-state index in [1.54, 1.807) is 0 Å². The van der Waals surface area contributed by atoms with Gasteiger partial charge in [0.15, 0.2) is 0 Å². The van der Waals surface area contributed by atoms with Gasteiger partial charge in [-0.2, -0.15) is 0 Å². The molecule has 6 nitrogen and oxygen atoms in total. The molecule has 0 saturated heterocycles. The van der Waals surface area contributed by atoms with E-state index in [9.17, 15) is 14.9 Å². The average molecular weight is 252 g/mol. The highest BCUT2D eigenvalue weighted by Crippen LogP contribution is 2.13. The van der Waals surface area contributed by atoms with Crippen LogP contribution in [0, 0.1) is 10.1 Å². The first-order chi connectivity index (χ1) is 8.54. The Morgan fingerprint density at radius 2 is 2.28 bits per heavy atom. The first-order valence-corrected chi connectivity index (χ1v) is 5.70. The predicted octanol–water partition coefficient (Wildman–Crippen LogP) is 1.49. The minimum absolute atomic E-state index is 0.0797. The highest BCUT2D eigenvalue weighted by Gasteiger charge is 2.13.